The molecular weight excluding hydrogens is 705 g/mol. The van der Waals surface area contributed by atoms with Crippen LogP contribution in [0.1, 0.15) is 125 Å². The summed E-state index contributed by atoms with van der Waals surface area (Å²) in [6.45, 7) is 28.4. The smallest absolute Gasteiger partial charge is 0.0955 e. The fourth-order valence-corrected chi connectivity index (χ4v) is 10.1. The largest absolute Gasteiger partial charge is 0.336 e. The predicted octanol–water partition coefficient (Wildman–Crippen LogP) is 11.2. The van der Waals surface area contributed by atoms with E-state index in [-0.39, 0.29) is 32.2 Å². The minimum atomic E-state index is -0.0598. The molecule has 2 nitrogen and oxygen atoms in total. The Kier molecular flexibility index (Phi) is 10.1. The molecule has 53 heavy (non-hydrogen) atoms. The summed E-state index contributed by atoms with van der Waals surface area (Å²) in [7, 11) is 7.08. The summed E-state index contributed by atoms with van der Waals surface area (Å²) in [5, 5.41) is -0.0598. The van der Waals surface area contributed by atoms with E-state index in [4.69, 9.17) is 0 Å². The zero-order chi connectivity index (χ0) is 39.1. The molecule has 2 saturated carbocycles. The Morgan fingerprint density at radius 3 is 1.47 bits per heavy atom. The Morgan fingerprint density at radius 2 is 1.06 bits per heavy atom. The fraction of sp³-hybridized carbons (Fsp3) is 0.489. The van der Waals surface area contributed by atoms with Gasteiger partial charge >= 0.3 is 0 Å². The molecule has 2 aliphatic rings. The highest BCUT2D eigenvalue weighted by molar-refractivity contribution is 9.10. The number of benzene rings is 4. The number of fused-ring (bicyclic) bond motifs is 2. The van der Waals surface area contributed by atoms with Gasteiger partial charge in [-0.15, -0.1) is 0 Å². The standard InChI is InChI=1S/C47H64B3BrN2/c1-42(2,3)30-13-18-35(19-14-30)52(36-20-15-31(16-21-36)43(4,5)6)37-25-34(47(48,49)50)26-38(28-37)53(40-22-17-32(27-39(40)51)44(7,8)9)41-45(10,11)33-23-24-46(41,12)29-33/h13-22,25-28,33,41H,23-24,29,48-50H2,1-12H3. The highest BCUT2D eigenvalue weighted by Crippen LogP contribution is 2.66. The van der Waals surface area contributed by atoms with E-state index in [0.29, 0.717) is 6.04 Å². The van der Waals surface area contributed by atoms with E-state index >= 15 is 0 Å². The highest BCUT2D eigenvalue weighted by atomic mass is 79.9. The van der Waals surface area contributed by atoms with Crippen LogP contribution in [-0.4, -0.2) is 29.6 Å². The number of halogens is 1. The number of hydrogen-bond donors (Lipinski definition) is 0. The molecule has 4 aromatic carbocycles. The second kappa shape index (κ2) is 13.4. The molecule has 0 N–H and O–H groups in total. The third kappa shape index (κ3) is 7.70. The second-order valence-electron chi connectivity index (χ2n) is 21.5. The lowest BCUT2D eigenvalue weighted by Gasteiger charge is -2.50. The van der Waals surface area contributed by atoms with Crippen molar-refractivity contribution in [2.75, 3.05) is 9.80 Å². The van der Waals surface area contributed by atoms with Crippen molar-refractivity contribution in [1.82, 2.24) is 0 Å². The van der Waals surface area contributed by atoms with Crippen molar-refractivity contribution in [2.45, 2.75) is 130 Å². The van der Waals surface area contributed by atoms with Crippen molar-refractivity contribution >= 4 is 67.9 Å². The minimum absolute atomic E-state index is 0.0598. The van der Waals surface area contributed by atoms with Crippen LogP contribution in [0.5, 0.6) is 0 Å². The third-order valence-electron chi connectivity index (χ3n) is 12.8. The van der Waals surface area contributed by atoms with Gasteiger partial charge in [0.05, 0.1) is 29.2 Å². The molecule has 0 radical (unpaired) electrons. The summed E-state index contributed by atoms with van der Waals surface area (Å²) in [4.78, 5) is 5.25. The summed E-state index contributed by atoms with van der Waals surface area (Å²) in [6.07, 6.45) is 3.89. The summed E-state index contributed by atoms with van der Waals surface area (Å²) in [6, 6.07) is 33.5. The van der Waals surface area contributed by atoms with Gasteiger partial charge in [-0.05, 0) is 139 Å². The first-order chi connectivity index (χ1) is 24.3. The van der Waals surface area contributed by atoms with Gasteiger partial charge in [0.25, 0.3) is 0 Å². The number of rotatable bonds is 7. The van der Waals surface area contributed by atoms with Crippen LogP contribution in [0.4, 0.5) is 28.4 Å². The molecule has 6 rings (SSSR count). The molecule has 2 bridgehead atoms. The van der Waals surface area contributed by atoms with Crippen LogP contribution < -0.4 is 9.80 Å². The number of hydrogen-bond acceptors (Lipinski definition) is 2. The molecule has 3 atom stereocenters. The molecule has 3 unspecified atom stereocenters. The van der Waals surface area contributed by atoms with Crippen molar-refractivity contribution in [3.8, 4) is 0 Å². The van der Waals surface area contributed by atoms with E-state index in [1.54, 1.807) is 0 Å². The van der Waals surface area contributed by atoms with Crippen LogP contribution in [-0.2, 0) is 21.4 Å². The van der Waals surface area contributed by atoms with Crippen LogP contribution in [0.2, 0.25) is 0 Å². The van der Waals surface area contributed by atoms with Gasteiger partial charge in [-0.25, -0.2) is 0 Å². The number of nitrogens with zero attached hydrogens (tertiary/aromatic N) is 2. The molecule has 2 aliphatic carbocycles. The van der Waals surface area contributed by atoms with E-state index in [1.165, 1.54) is 74.4 Å². The van der Waals surface area contributed by atoms with E-state index < -0.39 is 0 Å². The molecule has 0 heterocycles. The molecule has 2 fully saturated rings. The maximum atomic E-state index is 4.17. The van der Waals surface area contributed by atoms with E-state index in [1.807, 2.05) is 0 Å². The Morgan fingerprint density at radius 1 is 0.585 bits per heavy atom. The quantitative estimate of drug-likeness (QED) is 0.173. The van der Waals surface area contributed by atoms with Crippen molar-refractivity contribution in [3.05, 3.63) is 112 Å². The lowest BCUT2D eigenvalue weighted by molar-refractivity contribution is 0.140. The van der Waals surface area contributed by atoms with Gasteiger partial charge < -0.3 is 9.80 Å². The van der Waals surface area contributed by atoms with E-state index in [9.17, 15) is 0 Å². The summed E-state index contributed by atoms with van der Waals surface area (Å²) >= 11 is 4.17. The Labute approximate surface area is 334 Å². The molecule has 0 spiro atoms. The van der Waals surface area contributed by atoms with Gasteiger partial charge in [-0.2, -0.15) is 0 Å². The summed E-state index contributed by atoms with van der Waals surface area (Å²) in [5.41, 5.74) is 12.0. The van der Waals surface area contributed by atoms with Gasteiger partial charge in [0.1, 0.15) is 0 Å². The SMILES string of the molecule is BC(B)(B)c1cc(N(c2ccc(C(C)(C)C)cc2)c2ccc(C(C)(C)C)cc2)cc(N(c2ccc(C(C)(C)C)cc2Br)C2C3(C)CCC(C3)C2(C)C)c1. The lowest BCUT2D eigenvalue weighted by Crippen LogP contribution is -2.51. The molecule has 0 saturated heterocycles. The first-order valence-corrected chi connectivity index (χ1v) is 20.9. The van der Waals surface area contributed by atoms with Crippen LogP contribution >= 0.6 is 15.9 Å². The molecule has 0 aromatic heterocycles. The first kappa shape index (κ1) is 39.8. The first-order valence-electron chi connectivity index (χ1n) is 20.1. The lowest BCUT2D eigenvalue weighted by atomic mass is 9.40. The average Bonchev–Trinajstić information content (AvgIpc) is 3.53. The third-order valence-corrected chi connectivity index (χ3v) is 13.4. The topological polar surface area (TPSA) is 6.48 Å². The second-order valence-corrected chi connectivity index (χ2v) is 22.4. The van der Waals surface area contributed by atoms with Gasteiger partial charge in [0.15, 0.2) is 0 Å². The zero-order valence-electron chi connectivity index (χ0n) is 35.6. The van der Waals surface area contributed by atoms with Crippen molar-refractivity contribution in [1.29, 1.82) is 0 Å². The summed E-state index contributed by atoms with van der Waals surface area (Å²) in [5.74, 6) is 0.719. The highest BCUT2D eigenvalue weighted by Gasteiger charge is 2.61. The van der Waals surface area contributed by atoms with E-state index in [2.05, 4.69) is 217 Å². The molecule has 4 aromatic rings. The van der Waals surface area contributed by atoms with Gasteiger partial charge in [0, 0.05) is 33.3 Å². The van der Waals surface area contributed by atoms with Gasteiger partial charge in [-0.3, -0.25) is 0 Å². The van der Waals surface area contributed by atoms with Crippen LogP contribution in [0.25, 0.3) is 0 Å². The maximum absolute atomic E-state index is 4.17. The minimum Gasteiger partial charge on any atom is -0.336 e. The van der Waals surface area contributed by atoms with Crippen LogP contribution in [0, 0.1) is 16.7 Å². The summed E-state index contributed by atoms with van der Waals surface area (Å²) < 4.78 is 1.17. The Bertz CT molecular complexity index is 1890. The van der Waals surface area contributed by atoms with Crippen molar-refractivity contribution < 1.29 is 0 Å². The molecular formula is C47H64B3BrN2. The molecule has 0 aliphatic heterocycles. The molecule has 6 heteroatoms. The normalized spacial score (nSPS) is 21.5. The zero-order valence-corrected chi connectivity index (χ0v) is 37.2. The van der Waals surface area contributed by atoms with Crippen molar-refractivity contribution in [2.24, 2.45) is 16.7 Å². The van der Waals surface area contributed by atoms with E-state index in [0.717, 1.165) is 5.92 Å². The van der Waals surface area contributed by atoms with Crippen molar-refractivity contribution in [3.63, 3.8) is 0 Å². The number of anilines is 5. The average molecular weight is 769 g/mol. The van der Waals surface area contributed by atoms with Gasteiger partial charge in [-0.1, -0.05) is 124 Å². The monoisotopic (exact) mass is 768 g/mol. The van der Waals surface area contributed by atoms with Crippen LogP contribution in [0.3, 0.4) is 0 Å². The van der Waals surface area contributed by atoms with Crippen LogP contribution in [0.15, 0.2) is 89.4 Å². The maximum Gasteiger partial charge on any atom is 0.0955 e. The Hall–Kier alpha value is -2.85. The fourth-order valence-electron chi connectivity index (χ4n) is 9.48. The molecule has 0 amide bonds. The predicted molar refractivity (Wildman–Crippen MR) is 244 cm³/mol. The van der Waals surface area contributed by atoms with Gasteiger partial charge in [0.2, 0.25) is 0 Å². The molecule has 278 valence electrons. The Balaban J connectivity index is 1.63.